The van der Waals surface area contributed by atoms with Crippen LogP contribution in [-0.2, 0) is 22.4 Å². The van der Waals surface area contributed by atoms with Gasteiger partial charge >= 0.3 is 0 Å². The molecule has 2 aliphatic heterocycles. The van der Waals surface area contributed by atoms with E-state index in [0.29, 0.717) is 70.4 Å². The standard InChI is InChI=1S/C45H38N2O6/c1-3-8-32-26-34(16-22-39(32)48)42(51)30-12-18-36(19-13-30)46-41(50)24-25-45(46)28-38(29-10-6-5-7-11-29)44(53)47(45)37-20-14-31(15-21-37)43(52)35-17-23-40(49)33(27-35)9-4-2/h3-7,10-23,26-27,38,48-49H,1-2,8-9,24-25,28H2. The molecule has 8 heteroatoms. The van der Waals surface area contributed by atoms with Crippen molar-refractivity contribution >= 4 is 34.8 Å². The molecule has 2 aliphatic rings. The van der Waals surface area contributed by atoms with Crippen LogP contribution in [0.4, 0.5) is 11.4 Å². The average molecular weight is 703 g/mol. The van der Waals surface area contributed by atoms with E-state index in [0.717, 1.165) is 5.56 Å². The smallest absolute Gasteiger partial charge is 0.236 e. The van der Waals surface area contributed by atoms with Crippen LogP contribution in [0.2, 0.25) is 0 Å². The Morgan fingerprint density at radius 3 is 1.62 bits per heavy atom. The number of amides is 2. The number of aromatic hydroxyl groups is 2. The number of phenolic OH excluding ortho intramolecular Hbond substituents is 2. The van der Waals surface area contributed by atoms with Gasteiger partial charge in [-0.05, 0) is 121 Å². The molecule has 2 heterocycles. The molecule has 8 nitrogen and oxygen atoms in total. The molecule has 264 valence electrons. The number of benzene rings is 5. The molecular weight excluding hydrogens is 665 g/mol. The number of anilines is 2. The van der Waals surface area contributed by atoms with Crippen LogP contribution in [0.15, 0.2) is 141 Å². The molecule has 2 fully saturated rings. The third kappa shape index (κ3) is 6.33. The van der Waals surface area contributed by atoms with Gasteiger partial charge in [0.15, 0.2) is 11.6 Å². The summed E-state index contributed by atoms with van der Waals surface area (Å²) in [5.41, 5.74) is 3.77. The topological polar surface area (TPSA) is 115 Å². The molecule has 5 aromatic carbocycles. The molecule has 53 heavy (non-hydrogen) atoms. The van der Waals surface area contributed by atoms with Crippen molar-refractivity contribution in [3.05, 3.63) is 180 Å². The van der Waals surface area contributed by atoms with Gasteiger partial charge in [-0.2, -0.15) is 0 Å². The number of ketones is 2. The Morgan fingerprint density at radius 2 is 1.13 bits per heavy atom. The van der Waals surface area contributed by atoms with Gasteiger partial charge in [-0.25, -0.2) is 0 Å². The summed E-state index contributed by atoms with van der Waals surface area (Å²) in [6, 6.07) is 32.7. The van der Waals surface area contributed by atoms with Crippen molar-refractivity contribution in [2.45, 2.75) is 43.7 Å². The third-order valence-electron chi connectivity index (χ3n) is 10.3. The van der Waals surface area contributed by atoms with Crippen LogP contribution >= 0.6 is 0 Å². The highest BCUT2D eigenvalue weighted by Crippen LogP contribution is 2.51. The van der Waals surface area contributed by atoms with Gasteiger partial charge in [0.25, 0.3) is 0 Å². The van der Waals surface area contributed by atoms with Gasteiger partial charge < -0.3 is 10.2 Å². The van der Waals surface area contributed by atoms with Gasteiger partial charge in [-0.15, -0.1) is 13.2 Å². The van der Waals surface area contributed by atoms with Crippen molar-refractivity contribution in [2.75, 3.05) is 9.80 Å². The summed E-state index contributed by atoms with van der Waals surface area (Å²) in [5.74, 6) is -1.10. The lowest BCUT2D eigenvalue weighted by molar-refractivity contribution is -0.118. The zero-order valence-electron chi connectivity index (χ0n) is 29.1. The number of allylic oxidation sites excluding steroid dienone is 2. The fourth-order valence-electron chi connectivity index (χ4n) is 7.68. The van der Waals surface area contributed by atoms with Gasteiger partial charge in [0.05, 0.1) is 5.92 Å². The predicted molar refractivity (Wildman–Crippen MR) is 205 cm³/mol. The minimum absolute atomic E-state index is 0.0923. The molecule has 2 unspecified atom stereocenters. The zero-order valence-corrected chi connectivity index (χ0v) is 29.1. The van der Waals surface area contributed by atoms with E-state index in [-0.39, 0.29) is 41.3 Å². The number of carbonyl (C=O) groups is 4. The molecule has 0 bridgehead atoms. The van der Waals surface area contributed by atoms with Gasteiger partial charge in [0.1, 0.15) is 17.2 Å². The fraction of sp³-hybridized carbons (Fsp3) is 0.156. The van der Waals surface area contributed by atoms with Gasteiger partial charge in [-0.3, -0.25) is 29.0 Å². The molecule has 2 amide bonds. The lowest BCUT2D eigenvalue weighted by atomic mass is 9.91. The normalized spacial score (nSPS) is 18.1. The largest absolute Gasteiger partial charge is 0.508 e. The summed E-state index contributed by atoms with van der Waals surface area (Å²) in [4.78, 5) is 58.8. The van der Waals surface area contributed by atoms with Crippen LogP contribution in [0.25, 0.3) is 0 Å². The summed E-state index contributed by atoms with van der Waals surface area (Å²) in [7, 11) is 0. The Hall–Kier alpha value is -6.54. The second-order valence-electron chi connectivity index (χ2n) is 13.5. The molecule has 0 aliphatic carbocycles. The van der Waals surface area contributed by atoms with Crippen LogP contribution in [0.3, 0.4) is 0 Å². The van der Waals surface area contributed by atoms with Crippen molar-refractivity contribution in [3.63, 3.8) is 0 Å². The minimum Gasteiger partial charge on any atom is -0.508 e. The number of nitrogens with zero attached hydrogens (tertiary/aromatic N) is 2. The van der Waals surface area contributed by atoms with Crippen molar-refractivity contribution in [1.29, 1.82) is 0 Å². The van der Waals surface area contributed by atoms with E-state index >= 15 is 0 Å². The lowest BCUT2D eigenvalue weighted by Crippen LogP contribution is -2.56. The Morgan fingerprint density at radius 1 is 0.660 bits per heavy atom. The molecule has 0 saturated carbocycles. The summed E-state index contributed by atoms with van der Waals surface area (Å²) < 4.78 is 0. The molecule has 1 spiro atoms. The fourth-order valence-corrected chi connectivity index (χ4v) is 7.68. The number of hydrogen-bond donors (Lipinski definition) is 2. The maximum absolute atomic E-state index is 14.5. The van der Waals surface area contributed by atoms with Crippen LogP contribution in [0.1, 0.15) is 73.7 Å². The molecule has 2 atom stereocenters. The maximum atomic E-state index is 14.5. The highest BCUT2D eigenvalue weighted by Gasteiger charge is 2.59. The maximum Gasteiger partial charge on any atom is 0.236 e. The predicted octanol–water partition coefficient (Wildman–Crippen LogP) is 8.06. The van der Waals surface area contributed by atoms with E-state index in [9.17, 15) is 29.4 Å². The highest BCUT2D eigenvalue weighted by atomic mass is 16.3. The van der Waals surface area contributed by atoms with E-state index in [4.69, 9.17) is 0 Å². The number of phenols is 2. The summed E-state index contributed by atoms with van der Waals surface area (Å²) in [5, 5.41) is 20.4. The Kier molecular flexibility index (Phi) is 9.37. The quantitative estimate of drug-likeness (QED) is 0.106. The first-order valence-corrected chi connectivity index (χ1v) is 17.5. The molecule has 2 N–H and O–H groups in total. The molecule has 5 aromatic rings. The second kappa shape index (κ2) is 14.2. The van der Waals surface area contributed by atoms with Gasteiger partial charge in [-0.1, -0.05) is 42.5 Å². The molecule has 2 saturated heterocycles. The van der Waals surface area contributed by atoms with Crippen molar-refractivity contribution in [1.82, 2.24) is 0 Å². The van der Waals surface area contributed by atoms with Crippen LogP contribution in [-0.4, -0.2) is 39.3 Å². The Bertz CT molecular complexity index is 2260. The average Bonchev–Trinajstić information content (AvgIpc) is 3.67. The van der Waals surface area contributed by atoms with Crippen molar-refractivity contribution in [3.8, 4) is 11.5 Å². The molecular formula is C45H38N2O6. The zero-order chi connectivity index (χ0) is 37.3. The summed E-state index contributed by atoms with van der Waals surface area (Å²) >= 11 is 0. The first kappa shape index (κ1) is 34.9. The molecule has 7 rings (SSSR count). The van der Waals surface area contributed by atoms with Crippen molar-refractivity contribution < 1.29 is 29.4 Å². The van der Waals surface area contributed by atoms with Gasteiger partial charge in [0.2, 0.25) is 11.8 Å². The third-order valence-corrected chi connectivity index (χ3v) is 10.3. The van der Waals surface area contributed by atoms with Crippen LogP contribution in [0.5, 0.6) is 11.5 Å². The van der Waals surface area contributed by atoms with Crippen molar-refractivity contribution in [2.24, 2.45) is 0 Å². The van der Waals surface area contributed by atoms with E-state index < -0.39 is 11.6 Å². The first-order chi connectivity index (χ1) is 25.6. The van der Waals surface area contributed by atoms with Crippen LogP contribution < -0.4 is 9.80 Å². The van der Waals surface area contributed by atoms with Gasteiger partial charge in [0, 0.05) is 46.5 Å². The molecule has 0 radical (unpaired) electrons. The summed E-state index contributed by atoms with van der Waals surface area (Å²) in [6.45, 7) is 7.45. The van der Waals surface area contributed by atoms with E-state index in [1.165, 1.54) is 12.1 Å². The number of carbonyl (C=O) groups excluding carboxylic acids is 4. The number of rotatable bonds is 11. The summed E-state index contributed by atoms with van der Waals surface area (Å²) in [6.07, 6.45) is 5.11. The Balaban J connectivity index is 1.24. The van der Waals surface area contributed by atoms with E-state index in [1.54, 1.807) is 94.7 Å². The minimum atomic E-state index is -1.04. The monoisotopic (exact) mass is 702 g/mol. The van der Waals surface area contributed by atoms with E-state index in [1.807, 2.05) is 30.3 Å². The highest BCUT2D eigenvalue weighted by molar-refractivity contribution is 6.12. The Labute approximate surface area is 307 Å². The molecule has 0 aromatic heterocycles. The number of hydrogen-bond acceptors (Lipinski definition) is 6. The SMILES string of the molecule is C=CCc1cc(C(=O)c2ccc(N3C(=O)CCC34CC(c3ccccc3)C(=O)N4c3ccc(C(=O)c4ccc(O)c(CC=C)c4)cc3)cc2)ccc1O. The lowest BCUT2D eigenvalue weighted by Gasteiger charge is -2.42. The van der Waals surface area contributed by atoms with E-state index in [2.05, 4.69) is 13.2 Å². The first-order valence-electron chi connectivity index (χ1n) is 17.5. The van der Waals surface area contributed by atoms with Crippen LogP contribution in [0, 0.1) is 0 Å². The second-order valence-corrected chi connectivity index (χ2v) is 13.5.